The summed E-state index contributed by atoms with van der Waals surface area (Å²) in [6.45, 7) is 0. The number of rotatable bonds is 3. The van der Waals surface area contributed by atoms with Crippen LogP contribution in [-0.2, 0) is 10.5 Å². The lowest BCUT2D eigenvalue weighted by Gasteiger charge is -2.01. The molecule has 0 amide bonds. The van der Waals surface area contributed by atoms with Crippen molar-refractivity contribution < 1.29 is 16.5 Å². The van der Waals surface area contributed by atoms with Crippen LogP contribution >= 0.6 is 0 Å². The van der Waals surface area contributed by atoms with Gasteiger partial charge in [0.05, 0.1) is 0 Å². The molecule has 88 valence electrons. The SMILES string of the molecule is O=S(=O)(F)Oc1cccc(-c2nncnn2)c1. The van der Waals surface area contributed by atoms with Crippen LogP contribution in [0.2, 0.25) is 0 Å². The van der Waals surface area contributed by atoms with Gasteiger partial charge in [0.15, 0.2) is 6.33 Å². The van der Waals surface area contributed by atoms with Crippen molar-refractivity contribution >= 4 is 10.5 Å². The van der Waals surface area contributed by atoms with Gasteiger partial charge in [-0.1, -0.05) is 16.0 Å². The highest BCUT2D eigenvalue weighted by molar-refractivity contribution is 7.81. The first-order valence-corrected chi connectivity index (χ1v) is 5.60. The molecule has 0 aliphatic rings. The third kappa shape index (κ3) is 3.14. The monoisotopic (exact) mass is 256 g/mol. The fraction of sp³-hybridized carbons (Fsp3) is 0. The van der Waals surface area contributed by atoms with E-state index < -0.39 is 10.5 Å². The molecule has 0 saturated carbocycles. The van der Waals surface area contributed by atoms with Crippen LogP contribution in [0.15, 0.2) is 30.6 Å². The highest BCUT2D eigenvalue weighted by atomic mass is 32.3. The summed E-state index contributed by atoms with van der Waals surface area (Å²) >= 11 is 0. The summed E-state index contributed by atoms with van der Waals surface area (Å²) in [5.41, 5.74) is 0.409. The van der Waals surface area contributed by atoms with Gasteiger partial charge in [-0.25, -0.2) is 0 Å². The van der Waals surface area contributed by atoms with Crippen molar-refractivity contribution in [2.75, 3.05) is 0 Å². The molecule has 0 aliphatic carbocycles. The van der Waals surface area contributed by atoms with Gasteiger partial charge < -0.3 is 4.18 Å². The van der Waals surface area contributed by atoms with E-state index in [9.17, 15) is 12.3 Å². The van der Waals surface area contributed by atoms with E-state index in [-0.39, 0.29) is 11.6 Å². The van der Waals surface area contributed by atoms with Crippen molar-refractivity contribution in [3.8, 4) is 17.1 Å². The molecule has 0 bridgehead atoms. The van der Waals surface area contributed by atoms with Gasteiger partial charge in [-0.2, -0.15) is 8.42 Å². The van der Waals surface area contributed by atoms with E-state index in [1.165, 1.54) is 18.2 Å². The molecule has 0 spiro atoms. The molecule has 0 N–H and O–H groups in total. The fourth-order valence-electron chi connectivity index (χ4n) is 1.12. The summed E-state index contributed by atoms with van der Waals surface area (Å²) in [4.78, 5) is 0. The molecule has 17 heavy (non-hydrogen) atoms. The van der Waals surface area contributed by atoms with Crippen LogP contribution in [0.25, 0.3) is 11.4 Å². The molecule has 1 aromatic heterocycles. The van der Waals surface area contributed by atoms with E-state index in [2.05, 4.69) is 24.6 Å². The molecular weight excluding hydrogens is 251 g/mol. The fourth-order valence-corrected chi connectivity index (χ4v) is 1.46. The third-order valence-corrected chi connectivity index (χ3v) is 2.09. The molecule has 2 rings (SSSR count). The topological polar surface area (TPSA) is 94.9 Å². The number of benzene rings is 1. The third-order valence-electron chi connectivity index (χ3n) is 1.70. The van der Waals surface area contributed by atoms with Crippen molar-refractivity contribution in [2.45, 2.75) is 0 Å². The van der Waals surface area contributed by atoms with Gasteiger partial charge >= 0.3 is 10.5 Å². The summed E-state index contributed by atoms with van der Waals surface area (Å²) < 4.78 is 37.0. The Morgan fingerprint density at radius 1 is 1.18 bits per heavy atom. The number of nitrogens with zero attached hydrogens (tertiary/aromatic N) is 4. The standard InChI is InChI=1S/C8H5FN4O3S/c9-17(14,15)16-7-3-1-2-6(4-7)8-12-10-5-11-13-8/h1-5H. The van der Waals surface area contributed by atoms with Crippen LogP contribution in [0, 0.1) is 0 Å². The second-order valence-electron chi connectivity index (χ2n) is 2.87. The van der Waals surface area contributed by atoms with Crippen LogP contribution in [0.4, 0.5) is 3.89 Å². The first kappa shape index (κ1) is 11.3. The van der Waals surface area contributed by atoms with E-state index in [0.717, 1.165) is 6.33 Å². The molecular formula is C8H5FN4O3S. The zero-order valence-electron chi connectivity index (χ0n) is 8.19. The molecule has 9 heteroatoms. The summed E-state index contributed by atoms with van der Waals surface area (Å²) in [6.07, 6.45) is 1.15. The average molecular weight is 256 g/mol. The van der Waals surface area contributed by atoms with Gasteiger partial charge in [-0.15, -0.1) is 20.4 Å². The van der Waals surface area contributed by atoms with Gasteiger partial charge in [0.2, 0.25) is 5.82 Å². The van der Waals surface area contributed by atoms with E-state index in [4.69, 9.17) is 0 Å². The van der Waals surface area contributed by atoms with Crippen molar-refractivity contribution in [1.29, 1.82) is 0 Å². The Balaban J connectivity index is 2.36. The molecule has 2 aromatic rings. The minimum absolute atomic E-state index is 0.175. The van der Waals surface area contributed by atoms with Crippen molar-refractivity contribution in [1.82, 2.24) is 20.4 Å². The van der Waals surface area contributed by atoms with Gasteiger partial charge in [0, 0.05) is 5.56 Å². The Hall–Kier alpha value is -2.16. The highest BCUT2D eigenvalue weighted by Crippen LogP contribution is 2.21. The lowest BCUT2D eigenvalue weighted by atomic mass is 10.2. The number of halogens is 1. The van der Waals surface area contributed by atoms with Crippen LogP contribution in [0.1, 0.15) is 0 Å². The molecule has 0 fully saturated rings. The second-order valence-corrected chi connectivity index (χ2v) is 3.83. The molecule has 1 heterocycles. The van der Waals surface area contributed by atoms with Crippen molar-refractivity contribution in [3.63, 3.8) is 0 Å². The van der Waals surface area contributed by atoms with Gasteiger partial charge in [-0.3, -0.25) is 0 Å². The van der Waals surface area contributed by atoms with Gasteiger partial charge in [0.25, 0.3) is 0 Å². The Labute approximate surface area is 95.7 Å². The maximum absolute atomic E-state index is 12.3. The first-order valence-electron chi connectivity index (χ1n) is 4.29. The van der Waals surface area contributed by atoms with Crippen molar-refractivity contribution in [3.05, 3.63) is 30.6 Å². The lowest BCUT2D eigenvalue weighted by Crippen LogP contribution is -2.01. The van der Waals surface area contributed by atoms with E-state index in [1.54, 1.807) is 6.07 Å². The maximum Gasteiger partial charge on any atom is 0.488 e. The van der Waals surface area contributed by atoms with E-state index in [1.807, 2.05) is 0 Å². The molecule has 0 saturated heterocycles. The normalized spacial score (nSPS) is 11.1. The Bertz CT molecular complexity index is 620. The van der Waals surface area contributed by atoms with Crippen LogP contribution in [-0.4, -0.2) is 28.8 Å². The zero-order chi connectivity index (χ0) is 12.3. The predicted molar refractivity (Wildman–Crippen MR) is 53.7 cm³/mol. The minimum atomic E-state index is -5.05. The molecule has 0 unspecified atom stereocenters. The Morgan fingerprint density at radius 2 is 1.88 bits per heavy atom. The first-order chi connectivity index (χ1) is 8.04. The lowest BCUT2D eigenvalue weighted by molar-refractivity contribution is 0.440. The molecule has 0 aliphatic heterocycles. The predicted octanol–water partition coefficient (Wildman–Crippen LogP) is 0.527. The summed E-state index contributed by atoms with van der Waals surface area (Å²) in [7, 11) is -5.05. The summed E-state index contributed by atoms with van der Waals surface area (Å²) in [6, 6.07) is 5.59. The highest BCUT2D eigenvalue weighted by Gasteiger charge is 2.11. The zero-order valence-corrected chi connectivity index (χ0v) is 9.00. The molecule has 7 nitrogen and oxygen atoms in total. The van der Waals surface area contributed by atoms with E-state index >= 15 is 0 Å². The smallest absolute Gasteiger partial charge is 0.358 e. The Morgan fingerprint density at radius 3 is 2.53 bits per heavy atom. The number of aromatic nitrogens is 4. The van der Waals surface area contributed by atoms with E-state index in [0.29, 0.717) is 5.56 Å². The number of hydrogen-bond donors (Lipinski definition) is 0. The van der Waals surface area contributed by atoms with Crippen LogP contribution in [0.5, 0.6) is 5.75 Å². The van der Waals surface area contributed by atoms with Gasteiger partial charge in [-0.05, 0) is 12.1 Å². The van der Waals surface area contributed by atoms with Crippen LogP contribution in [0.3, 0.4) is 0 Å². The van der Waals surface area contributed by atoms with Crippen molar-refractivity contribution in [2.24, 2.45) is 0 Å². The van der Waals surface area contributed by atoms with Gasteiger partial charge in [0.1, 0.15) is 5.75 Å². The summed E-state index contributed by atoms with van der Waals surface area (Å²) in [5.74, 6) is -0.00772. The quantitative estimate of drug-likeness (QED) is 0.739. The average Bonchev–Trinajstić information content (AvgIpc) is 2.28. The van der Waals surface area contributed by atoms with Crippen LogP contribution < -0.4 is 4.18 Å². The molecule has 0 atom stereocenters. The minimum Gasteiger partial charge on any atom is -0.358 e. The molecule has 0 radical (unpaired) electrons. The largest absolute Gasteiger partial charge is 0.488 e. The maximum atomic E-state index is 12.3. The molecule has 1 aromatic carbocycles. The number of hydrogen-bond acceptors (Lipinski definition) is 7. The Kier molecular flexibility index (Phi) is 2.91. The summed E-state index contributed by atoms with van der Waals surface area (Å²) in [5, 5.41) is 14.3. The second kappa shape index (κ2) is 4.37.